The minimum absolute atomic E-state index is 0.150. The summed E-state index contributed by atoms with van der Waals surface area (Å²) in [5.41, 5.74) is 0. The van der Waals surface area contributed by atoms with Gasteiger partial charge in [0, 0.05) is 12.6 Å². The van der Waals surface area contributed by atoms with E-state index >= 15 is 0 Å². The van der Waals surface area contributed by atoms with Crippen molar-refractivity contribution in [3.05, 3.63) is 0 Å². The van der Waals surface area contributed by atoms with Gasteiger partial charge in [-0.3, -0.25) is 0 Å². The molecule has 1 N–H and O–H groups in total. The molecule has 13 heavy (non-hydrogen) atoms. The average Bonchev–Trinajstić information content (AvgIpc) is 2.14. The predicted molar refractivity (Wildman–Crippen MR) is 54.2 cm³/mol. The number of hydrogen-bond donors (Lipinski definition) is 1. The molecular formula is C11H20N2. The molecule has 0 amide bonds. The Hall–Kier alpha value is -0.550. The third-order valence-electron chi connectivity index (χ3n) is 2.87. The van der Waals surface area contributed by atoms with Crippen molar-refractivity contribution in [2.24, 2.45) is 11.8 Å². The second kappa shape index (κ2) is 5.24. The van der Waals surface area contributed by atoms with E-state index in [2.05, 4.69) is 18.3 Å². The van der Waals surface area contributed by atoms with Gasteiger partial charge in [-0.1, -0.05) is 19.8 Å². The normalized spacial score (nSPS) is 30.8. The lowest BCUT2D eigenvalue weighted by Crippen LogP contribution is -2.35. The lowest BCUT2D eigenvalue weighted by Gasteiger charge is -2.27. The van der Waals surface area contributed by atoms with Crippen LogP contribution < -0.4 is 5.32 Å². The SMILES string of the molecule is CC(C#N)CNC1CCCC(C)C1. The highest BCUT2D eigenvalue weighted by molar-refractivity contribution is 4.83. The maximum absolute atomic E-state index is 8.63. The van der Waals surface area contributed by atoms with Gasteiger partial charge < -0.3 is 5.32 Å². The first kappa shape index (κ1) is 10.5. The second-order valence-electron chi connectivity index (χ2n) is 4.41. The zero-order valence-electron chi connectivity index (χ0n) is 8.71. The van der Waals surface area contributed by atoms with Crippen LogP contribution in [0.4, 0.5) is 0 Å². The molecule has 1 aliphatic carbocycles. The Kier molecular flexibility index (Phi) is 4.24. The fraction of sp³-hybridized carbons (Fsp3) is 0.909. The maximum Gasteiger partial charge on any atom is 0.0666 e. The van der Waals surface area contributed by atoms with Gasteiger partial charge in [0.15, 0.2) is 0 Å². The Balaban J connectivity index is 2.17. The molecule has 2 heteroatoms. The van der Waals surface area contributed by atoms with Crippen LogP contribution in [0, 0.1) is 23.2 Å². The molecule has 0 aliphatic heterocycles. The quantitative estimate of drug-likeness (QED) is 0.723. The van der Waals surface area contributed by atoms with Gasteiger partial charge >= 0.3 is 0 Å². The van der Waals surface area contributed by atoms with Crippen LogP contribution in [0.2, 0.25) is 0 Å². The molecule has 1 rings (SSSR count). The molecule has 0 aromatic heterocycles. The molecule has 2 nitrogen and oxygen atoms in total. The van der Waals surface area contributed by atoms with Crippen LogP contribution in [0.1, 0.15) is 39.5 Å². The molecule has 3 atom stereocenters. The Labute approximate surface area is 81.3 Å². The first-order chi connectivity index (χ1) is 6.22. The minimum Gasteiger partial charge on any atom is -0.313 e. The first-order valence-electron chi connectivity index (χ1n) is 5.35. The largest absolute Gasteiger partial charge is 0.313 e. The Morgan fingerprint density at radius 2 is 2.31 bits per heavy atom. The van der Waals surface area contributed by atoms with Gasteiger partial charge in [-0.15, -0.1) is 0 Å². The van der Waals surface area contributed by atoms with E-state index in [9.17, 15) is 0 Å². The van der Waals surface area contributed by atoms with E-state index in [1.54, 1.807) is 0 Å². The van der Waals surface area contributed by atoms with E-state index < -0.39 is 0 Å². The van der Waals surface area contributed by atoms with Crippen molar-refractivity contribution in [1.82, 2.24) is 5.32 Å². The van der Waals surface area contributed by atoms with E-state index in [0.29, 0.717) is 6.04 Å². The molecule has 74 valence electrons. The van der Waals surface area contributed by atoms with Crippen molar-refractivity contribution >= 4 is 0 Å². The third kappa shape index (κ3) is 3.78. The van der Waals surface area contributed by atoms with E-state index in [1.165, 1.54) is 25.7 Å². The summed E-state index contributed by atoms with van der Waals surface area (Å²) in [6.45, 7) is 5.15. The molecule has 0 radical (unpaired) electrons. The molecular weight excluding hydrogens is 160 g/mol. The van der Waals surface area contributed by atoms with Crippen molar-refractivity contribution < 1.29 is 0 Å². The lowest BCUT2D eigenvalue weighted by atomic mass is 9.87. The van der Waals surface area contributed by atoms with Crippen LogP contribution in [-0.2, 0) is 0 Å². The topological polar surface area (TPSA) is 35.8 Å². The highest BCUT2D eigenvalue weighted by atomic mass is 14.9. The fourth-order valence-corrected chi connectivity index (χ4v) is 2.01. The van der Waals surface area contributed by atoms with Gasteiger partial charge in [-0.25, -0.2) is 0 Å². The van der Waals surface area contributed by atoms with Gasteiger partial charge in [0.2, 0.25) is 0 Å². The lowest BCUT2D eigenvalue weighted by molar-refractivity contribution is 0.297. The summed E-state index contributed by atoms with van der Waals surface area (Å²) >= 11 is 0. The molecule has 0 aromatic carbocycles. The van der Waals surface area contributed by atoms with E-state index in [4.69, 9.17) is 5.26 Å². The summed E-state index contributed by atoms with van der Waals surface area (Å²) in [7, 11) is 0. The second-order valence-corrected chi connectivity index (χ2v) is 4.41. The molecule has 0 saturated heterocycles. The molecule has 0 spiro atoms. The summed E-state index contributed by atoms with van der Waals surface area (Å²) in [4.78, 5) is 0. The minimum atomic E-state index is 0.150. The molecule has 3 unspecified atom stereocenters. The summed E-state index contributed by atoms with van der Waals surface area (Å²) in [5.74, 6) is 1.01. The maximum atomic E-state index is 8.63. The van der Waals surface area contributed by atoms with Gasteiger partial charge in [0.1, 0.15) is 0 Å². The van der Waals surface area contributed by atoms with Crippen LogP contribution in [0.3, 0.4) is 0 Å². The van der Waals surface area contributed by atoms with Crippen LogP contribution in [0.25, 0.3) is 0 Å². The summed E-state index contributed by atoms with van der Waals surface area (Å²) in [6.07, 6.45) is 5.31. The highest BCUT2D eigenvalue weighted by Gasteiger charge is 2.18. The Morgan fingerprint density at radius 1 is 1.54 bits per heavy atom. The van der Waals surface area contributed by atoms with E-state index in [1.807, 2.05) is 6.92 Å². The Bertz CT molecular complexity index is 183. The van der Waals surface area contributed by atoms with Crippen molar-refractivity contribution in [3.63, 3.8) is 0 Å². The molecule has 1 fully saturated rings. The van der Waals surface area contributed by atoms with E-state index in [0.717, 1.165) is 12.5 Å². The van der Waals surface area contributed by atoms with E-state index in [-0.39, 0.29) is 5.92 Å². The third-order valence-corrected chi connectivity index (χ3v) is 2.87. The number of rotatable bonds is 3. The van der Waals surface area contributed by atoms with Crippen molar-refractivity contribution in [1.29, 1.82) is 5.26 Å². The van der Waals surface area contributed by atoms with Crippen LogP contribution >= 0.6 is 0 Å². The summed E-state index contributed by atoms with van der Waals surface area (Å²) < 4.78 is 0. The molecule has 0 bridgehead atoms. The number of nitriles is 1. The van der Waals surface area contributed by atoms with Crippen LogP contribution in [0.15, 0.2) is 0 Å². The monoisotopic (exact) mass is 180 g/mol. The smallest absolute Gasteiger partial charge is 0.0666 e. The van der Waals surface area contributed by atoms with Crippen LogP contribution in [-0.4, -0.2) is 12.6 Å². The van der Waals surface area contributed by atoms with Gasteiger partial charge in [0.25, 0.3) is 0 Å². The van der Waals surface area contributed by atoms with Crippen molar-refractivity contribution in [2.45, 2.75) is 45.6 Å². The molecule has 1 aliphatic rings. The summed E-state index contributed by atoms with van der Waals surface area (Å²) in [5, 5.41) is 12.1. The van der Waals surface area contributed by atoms with Gasteiger partial charge in [-0.05, 0) is 25.7 Å². The molecule has 1 saturated carbocycles. The van der Waals surface area contributed by atoms with Crippen LogP contribution in [0.5, 0.6) is 0 Å². The van der Waals surface area contributed by atoms with Gasteiger partial charge in [0.05, 0.1) is 12.0 Å². The predicted octanol–water partition coefficient (Wildman–Crippen LogP) is 2.31. The van der Waals surface area contributed by atoms with Crippen molar-refractivity contribution in [3.8, 4) is 6.07 Å². The molecule has 0 aromatic rings. The number of nitrogens with zero attached hydrogens (tertiary/aromatic N) is 1. The van der Waals surface area contributed by atoms with Crippen molar-refractivity contribution in [2.75, 3.05) is 6.54 Å². The molecule has 0 heterocycles. The standard InChI is InChI=1S/C11H20N2/c1-9-4-3-5-11(6-9)13-8-10(2)7-12/h9-11,13H,3-6,8H2,1-2H3. The average molecular weight is 180 g/mol. The highest BCUT2D eigenvalue weighted by Crippen LogP contribution is 2.23. The zero-order valence-corrected chi connectivity index (χ0v) is 8.71. The number of hydrogen-bond acceptors (Lipinski definition) is 2. The number of nitrogens with one attached hydrogen (secondary N) is 1. The first-order valence-corrected chi connectivity index (χ1v) is 5.35. The Morgan fingerprint density at radius 3 is 2.92 bits per heavy atom. The zero-order chi connectivity index (χ0) is 9.68. The fourth-order valence-electron chi connectivity index (χ4n) is 2.01. The summed E-state index contributed by atoms with van der Waals surface area (Å²) in [6, 6.07) is 2.92. The van der Waals surface area contributed by atoms with Gasteiger partial charge in [-0.2, -0.15) is 5.26 Å².